The van der Waals surface area contributed by atoms with Crippen molar-refractivity contribution in [1.29, 1.82) is 0 Å². The van der Waals surface area contributed by atoms with Crippen molar-refractivity contribution < 1.29 is 33.2 Å². The fraction of sp³-hybridized carbons (Fsp3) is 0.481. The van der Waals surface area contributed by atoms with Crippen molar-refractivity contribution in [2.24, 2.45) is 0 Å². The highest BCUT2D eigenvalue weighted by atomic mass is 16.5. The zero-order valence-corrected chi connectivity index (χ0v) is 40.5. The predicted octanol–water partition coefficient (Wildman–Crippen LogP) is 6.92. The number of morpholine rings is 2. The van der Waals surface area contributed by atoms with Gasteiger partial charge in [-0.1, -0.05) is 0 Å². The monoisotopic (exact) mass is 953 g/mol. The van der Waals surface area contributed by atoms with Gasteiger partial charge in [0.2, 0.25) is 0 Å². The highest BCUT2D eigenvalue weighted by Crippen LogP contribution is 2.38. The number of carbonyl (C=O) groups excluding carboxylic acids is 1. The van der Waals surface area contributed by atoms with Crippen molar-refractivity contribution >= 4 is 50.9 Å². The topological polar surface area (TPSA) is 175 Å². The minimum Gasteiger partial charge on any atom is -0.496 e. The molecular weight excluding hydrogens is 891 g/mol. The number of rotatable bonds is 15. The molecule has 18 heteroatoms. The fourth-order valence-corrected chi connectivity index (χ4v) is 10.4. The molecule has 1 atom stereocenters. The Kier molecular flexibility index (Phi) is 14.5. The summed E-state index contributed by atoms with van der Waals surface area (Å²) in [6.45, 7) is 5.59. The molecule has 2 aliphatic heterocycles. The first-order valence-corrected chi connectivity index (χ1v) is 24.6. The molecule has 3 aromatic carbocycles. The number of benzene rings is 3. The Bertz CT molecular complexity index is 2740. The second-order valence-electron chi connectivity index (χ2n) is 18.8. The maximum absolute atomic E-state index is 12.2. The van der Waals surface area contributed by atoms with E-state index in [1.807, 2.05) is 12.1 Å². The first kappa shape index (κ1) is 47.1. The van der Waals surface area contributed by atoms with E-state index in [9.17, 15) is 4.79 Å². The number of nitrogens with one attached hydrogen (secondary N) is 1. The van der Waals surface area contributed by atoms with Crippen molar-refractivity contribution in [2.75, 3.05) is 94.3 Å². The van der Waals surface area contributed by atoms with Crippen LogP contribution < -0.4 is 34.2 Å². The zero-order valence-electron chi connectivity index (χ0n) is 40.5. The van der Waals surface area contributed by atoms with E-state index in [2.05, 4.69) is 79.3 Å². The van der Waals surface area contributed by atoms with Crippen molar-refractivity contribution in [3.8, 4) is 17.2 Å². The number of aromatic nitrogens is 6. The van der Waals surface area contributed by atoms with Crippen molar-refractivity contribution in [3.63, 3.8) is 0 Å². The number of carbonyl (C=O) groups is 1. The van der Waals surface area contributed by atoms with E-state index < -0.39 is 5.97 Å². The van der Waals surface area contributed by atoms with Crippen LogP contribution in [0.4, 0.5) is 22.9 Å². The van der Waals surface area contributed by atoms with Crippen molar-refractivity contribution in [3.05, 3.63) is 90.9 Å². The highest BCUT2D eigenvalue weighted by Gasteiger charge is 2.36. The molecule has 6 aromatic rings. The van der Waals surface area contributed by atoms with E-state index in [0.29, 0.717) is 50.8 Å². The number of hydrogen-bond acceptors (Lipinski definition) is 18. The molecule has 368 valence electrons. The molecule has 2 saturated heterocycles. The largest absolute Gasteiger partial charge is 0.496 e. The van der Waals surface area contributed by atoms with Gasteiger partial charge in [-0.2, -0.15) is 0 Å². The molecule has 1 unspecified atom stereocenters. The summed E-state index contributed by atoms with van der Waals surface area (Å²) in [6, 6.07) is 16.5. The predicted molar refractivity (Wildman–Crippen MR) is 267 cm³/mol. The molecule has 4 fully saturated rings. The lowest BCUT2D eigenvalue weighted by Crippen LogP contribution is -2.56. The Morgan fingerprint density at radius 1 is 0.700 bits per heavy atom. The van der Waals surface area contributed by atoms with Crippen molar-refractivity contribution in [2.45, 2.75) is 88.4 Å². The van der Waals surface area contributed by atoms with Gasteiger partial charge in [0.05, 0.1) is 69.5 Å². The summed E-state index contributed by atoms with van der Waals surface area (Å²) in [5.41, 5.74) is 7.48. The lowest BCUT2D eigenvalue weighted by Gasteiger charge is -2.45. The second kappa shape index (κ2) is 21.6. The molecule has 0 spiro atoms. The molecule has 2 saturated carbocycles. The van der Waals surface area contributed by atoms with E-state index in [0.717, 1.165) is 127 Å². The molecular formula is C52H63N11O7. The fourth-order valence-electron chi connectivity index (χ4n) is 10.4. The molecule has 3 aromatic heterocycles. The molecule has 18 nitrogen and oxygen atoms in total. The van der Waals surface area contributed by atoms with Crippen LogP contribution in [0.3, 0.4) is 0 Å². The van der Waals surface area contributed by atoms with Gasteiger partial charge in [0, 0.05) is 104 Å². The molecule has 4 aliphatic rings. The third-order valence-electron chi connectivity index (χ3n) is 13.9. The van der Waals surface area contributed by atoms with E-state index in [-0.39, 0.29) is 30.5 Å². The number of hydrogen-bond donors (Lipinski definition) is 1. The summed E-state index contributed by atoms with van der Waals surface area (Å²) in [5, 5.41) is 3.64. The third-order valence-corrected chi connectivity index (χ3v) is 13.9. The van der Waals surface area contributed by atoms with E-state index in [4.69, 9.17) is 48.4 Å². The Morgan fingerprint density at radius 2 is 1.33 bits per heavy atom. The van der Waals surface area contributed by atoms with Crippen molar-refractivity contribution in [1.82, 2.24) is 34.8 Å². The number of anilines is 4. The average molecular weight is 954 g/mol. The summed E-state index contributed by atoms with van der Waals surface area (Å²) in [4.78, 5) is 49.9. The summed E-state index contributed by atoms with van der Waals surface area (Å²) in [5.74, 6) is 2.42. The lowest BCUT2D eigenvalue weighted by molar-refractivity contribution is 0.0263. The van der Waals surface area contributed by atoms with Crippen LogP contribution in [-0.4, -0.2) is 146 Å². The van der Waals surface area contributed by atoms with Crippen LogP contribution in [0.25, 0.3) is 22.1 Å². The van der Waals surface area contributed by atoms with Gasteiger partial charge in [-0.3, -0.25) is 9.97 Å². The van der Waals surface area contributed by atoms with Crippen LogP contribution in [0.15, 0.2) is 79.6 Å². The standard InChI is InChI=1S/C52H63N11O7/c1-60(2)31-36-26-48(58-33-57-36)63(37-8-12-41(13-9-37)70-46-29-38(61-19-22-67-23-20-61)27-43-50(46)55-17-15-53-43)49-32-62(21-24-68-49)39-28-44-51(56-18-16-54-44)47(30-39)69-40-10-5-34(6-11-40)59-35-7-14-42(52(64)66-4)45(25-35)65-3/h7,14-18,25-30,33-34,37,40-41,49,59H,5-6,8-13,19-24,31-32H2,1-4H3/t34-,37-,40+,41+,49?. The molecule has 0 amide bonds. The van der Waals surface area contributed by atoms with E-state index in [1.54, 1.807) is 44.3 Å². The van der Waals surface area contributed by atoms with Crippen LogP contribution in [0.5, 0.6) is 17.2 Å². The Labute approximate surface area is 408 Å². The van der Waals surface area contributed by atoms with Gasteiger partial charge in [-0.25, -0.2) is 24.7 Å². The third kappa shape index (κ3) is 10.7. The number of fused-ring (bicyclic) bond motifs is 2. The van der Waals surface area contributed by atoms with Gasteiger partial charge in [-0.05, 0) is 89.7 Å². The maximum Gasteiger partial charge on any atom is 0.341 e. The average Bonchev–Trinajstić information content (AvgIpc) is 3.39. The SMILES string of the molecule is COC(=O)c1ccc(N[C@H]2CC[C@@H](Oc3cc(N4CCOC(N(c5cc(CN(C)C)ncn5)[C@H]5CC[C@@H](Oc6cc(N7CCOCC7)cc7nccnc67)CC5)C4)cc4nccnc34)CC2)cc1OC. The molecule has 5 heterocycles. The summed E-state index contributed by atoms with van der Waals surface area (Å²) in [7, 11) is 7.03. The van der Waals surface area contributed by atoms with Gasteiger partial charge in [0.25, 0.3) is 0 Å². The van der Waals surface area contributed by atoms with Crippen LogP contribution in [0, 0.1) is 0 Å². The van der Waals surface area contributed by atoms with Crippen LogP contribution in [0.2, 0.25) is 0 Å². The Morgan fingerprint density at radius 3 is 1.97 bits per heavy atom. The minimum atomic E-state index is -0.428. The molecule has 10 rings (SSSR count). The minimum absolute atomic E-state index is 0.0104. The van der Waals surface area contributed by atoms with Gasteiger partial charge in [-0.15, -0.1) is 0 Å². The molecule has 1 N–H and O–H groups in total. The quantitative estimate of drug-likeness (QED) is 0.105. The van der Waals surface area contributed by atoms with Gasteiger partial charge < -0.3 is 53.3 Å². The van der Waals surface area contributed by atoms with Crippen LogP contribution >= 0.6 is 0 Å². The Hall–Kier alpha value is -6.63. The molecule has 70 heavy (non-hydrogen) atoms. The second-order valence-corrected chi connectivity index (χ2v) is 18.8. The van der Waals surface area contributed by atoms with Crippen LogP contribution in [0.1, 0.15) is 67.4 Å². The normalized spacial score (nSPS) is 21.9. The van der Waals surface area contributed by atoms with Gasteiger partial charge in [0.1, 0.15) is 52.2 Å². The first-order valence-electron chi connectivity index (χ1n) is 24.6. The lowest BCUT2D eigenvalue weighted by atomic mass is 9.91. The molecule has 2 aliphatic carbocycles. The summed E-state index contributed by atoms with van der Waals surface area (Å²) < 4.78 is 36.6. The summed E-state index contributed by atoms with van der Waals surface area (Å²) in [6.07, 6.45) is 15.4. The highest BCUT2D eigenvalue weighted by molar-refractivity contribution is 5.93. The number of methoxy groups -OCH3 is 2. The van der Waals surface area contributed by atoms with Gasteiger partial charge >= 0.3 is 5.97 Å². The Balaban J connectivity index is 0.845. The first-order chi connectivity index (χ1) is 34.3. The van der Waals surface area contributed by atoms with E-state index >= 15 is 0 Å². The van der Waals surface area contributed by atoms with Crippen LogP contribution in [-0.2, 0) is 20.8 Å². The van der Waals surface area contributed by atoms with E-state index in [1.165, 1.54) is 7.11 Å². The summed E-state index contributed by atoms with van der Waals surface area (Å²) >= 11 is 0. The maximum atomic E-state index is 12.2. The van der Waals surface area contributed by atoms with Gasteiger partial charge in [0.15, 0.2) is 0 Å². The number of esters is 1. The zero-order chi connectivity index (χ0) is 48.0. The number of ether oxygens (including phenoxy) is 6. The molecule has 0 bridgehead atoms. The number of nitrogens with zero attached hydrogens (tertiary/aromatic N) is 10. The molecule has 0 radical (unpaired) electrons. The smallest absolute Gasteiger partial charge is 0.341 e.